The summed E-state index contributed by atoms with van der Waals surface area (Å²) in [6.45, 7) is 9.90. The van der Waals surface area contributed by atoms with Crippen LogP contribution in [0.2, 0.25) is 0 Å². The minimum atomic E-state index is -0.904. The van der Waals surface area contributed by atoms with Crippen LogP contribution in [0.15, 0.2) is 78.0 Å². The predicted octanol–water partition coefficient (Wildman–Crippen LogP) is 5.67. The van der Waals surface area contributed by atoms with Crippen molar-refractivity contribution < 1.29 is 9.90 Å². The number of aliphatic carboxylic acids is 1. The second kappa shape index (κ2) is 8.95. The number of carbonyl (C=O) groups is 1. The van der Waals surface area contributed by atoms with Crippen LogP contribution in [0.5, 0.6) is 0 Å². The van der Waals surface area contributed by atoms with E-state index in [0.29, 0.717) is 17.0 Å². The minimum absolute atomic E-state index is 0.199. The summed E-state index contributed by atoms with van der Waals surface area (Å²) in [6, 6.07) is 16.5. The van der Waals surface area contributed by atoms with Crippen LogP contribution in [0.25, 0.3) is 5.70 Å². The highest BCUT2D eigenvalue weighted by atomic mass is 16.4. The summed E-state index contributed by atoms with van der Waals surface area (Å²) in [5.74, 6) is -0.705. The number of nitrogens with one attached hydrogen (secondary N) is 1. The van der Waals surface area contributed by atoms with Gasteiger partial charge in [-0.2, -0.15) is 0 Å². The lowest BCUT2D eigenvalue weighted by atomic mass is 9.77. The zero-order valence-corrected chi connectivity index (χ0v) is 17.5. The molecule has 1 atom stereocenters. The number of fused-ring (bicyclic) bond motifs is 1. The van der Waals surface area contributed by atoms with Gasteiger partial charge in [0.15, 0.2) is 0 Å². The van der Waals surface area contributed by atoms with Crippen molar-refractivity contribution in [2.24, 2.45) is 5.92 Å². The van der Waals surface area contributed by atoms with Crippen LogP contribution < -0.4 is 5.32 Å². The Morgan fingerprint density at radius 2 is 1.79 bits per heavy atom. The zero-order valence-electron chi connectivity index (χ0n) is 17.5. The summed E-state index contributed by atoms with van der Waals surface area (Å²) < 4.78 is 0. The highest BCUT2D eigenvalue weighted by Crippen LogP contribution is 2.34. The molecule has 2 aromatic rings. The van der Waals surface area contributed by atoms with Gasteiger partial charge in [0.05, 0.1) is 5.57 Å². The maximum atomic E-state index is 12.2. The van der Waals surface area contributed by atoms with Crippen LogP contribution in [-0.2, 0) is 17.6 Å². The molecule has 1 aliphatic rings. The molecule has 0 aromatic heterocycles. The smallest absolute Gasteiger partial charge is 0.337 e. The molecule has 0 aliphatic heterocycles. The van der Waals surface area contributed by atoms with E-state index in [1.165, 1.54) is 16.7 Å². The summed E-state index contributed by atoms with van der Waals surface area (Å²) >= 11 is 0. The van der Waals surface area contributed by atoms with E-state index in [0.717, 1.165) is 30.4 Å². The van der Waals surface area contributed by atoms with Crippen LogP contribution in [0.4, 0.5) is 0 Å². The average molecular weight is 388 g/mol. The SMILES string of the molecule is C=C(N/C(C)=C(C(=O)O)/C(=C\C)C1CCc2ccccc2C1)c1ccc(C)cc1. The number of hydrogen-bond donors (Lipinski definition) is 2. The van der Waals surface area contributed by atoms with Crippen LogP contribution in [0, 0.1) is 12.8 Å². The van der Waals surface area contributed by atoms with E-state index in [1.54, 1.807) is 0 Å². The number of benzene rings is 2. The Labute approximate surface area is 173 Å². The Balaban J connectivity index is 1.87. The van der Waals surface area contributed by atoms with Gasteiger partial charge in [0, 0.05) is 11.4 Å². The fourth-order valence-corrected chi connectivity index (χ4v) is 4.16. The molecule has 0 heterocycles. The largest absolute Gasteiger partial charge is 0.478 e. The molecule has 3 heteroatoms. The van der Waals surface area contributed by atoms with Crippen molar-refractivity contribution >= 4 is 11.7 Å². The van der Waals surface area contributed by atoms with Gasteiger partial charge in [-0.05, 0) is 68.2 Å². The lowest BCUT2D eigenvalue weighted by Crippen LogP contribution is -2.23. The van der Waals surface area contributed by atoms with E-state index < -0.39 is 5.97 Å². The molecular formula is C26H29NO2. The molecule has 0 spiro atoms. The standard InChI is InChI=1S/C26H29NO2/c1-5-24(23-15-14-21-8-6-7-9-22(21)16-23)25(26(28)29)19(4)27-18(3)20-12-10-17(2)11-13-20/h5-13,23,27H,3,14-16H2,1-2,4H3,(H,28,29)/b24-5-,25-19-. The third-order valence-corrected chi connectivity index (χ3v) is 5.71. The van der Waals surface area contributed by atoms with Crippen LogP contribution in [0.3, 0.4) is 0 Å². The Hall–Kier alpha value is -3.07. The van der Waals surface area contributed by atoms with Gasteiger partial charge in [0.2, 0.25) is 0 Å². The topological polar surface area (TPSA) is 49.3 Å². The molecule has 0 saturated carbocycles. The van der Waals surface area contributed by atoms with Gasteiger partial charge in [-0.1, -0.05) is 66.7 Å². The summed E-state index contributed by atoms with van der Waals surface area (Å²) in [4.78, 5) is 12.2. The monoisotopic (exact) mass is 387 g/mol. The molecule has 1 unspecified atom stereocenters. The number of hydrogen-bond acceptors (Lipinski definition) is 2. The molecule has 3 nitrogen and oxygen atoms in total. The van der Waals surface area contributed by atoms with E-state index in [2.05, 4.69) is 36.2 Å². The highest BCUT2D eigenvalue weighted by molar-refractivity contribution is 5.93. The minimum Gasteiger partial charge on any atom is -0.478 e. The Morgan fingerprint density at radius 3 is 2.41 bits per heavy atom. The zero-order chi connectivity index (χ0) is 21.0. The third-order valence-electron chi connectivity index (χ3n) is 5.71. The summed E-state index contributed by atoms with van der Waals surface area (Å²) in [7, 11) is 0. The van der Waals surface area contributed by atoms with Gasteiger partial charge in [-0.3, -0.25) is 0 Å². The Morgan fingerprint density at radius 1 is 1.14 bits per heavy atom. The first-order valence-corrected chi connectivity index (χ1v) is 10.1. The maximum absolute atomic E-state index is 12.2. The molecule has 3 rings (SSSR count). The van der Waals surface area contributed by atoms with E-state index in [4.69, 9.17) is 0 Å². The molecule has 1 aliphatic carbocycles. The first kappa shape index (κ1) is 20.7. The van der Waals surface area contributed by atoms with E-state index in [1.807, 2.05) is 51.1 Å². The van der Waals surface area contributed by atoms with Gasteiger partial charge in [-0.15, -0.1) is 0 Å². The molecule has 0 fully saturated rings. The van der Waals surface area contributed by atoms with Crippen molar-refractivity contribution in [3.8, 4) is 0 Å². The fraction of sp³-hybridized carbons (Fsp3) is 0.269. The predicted molar refractivity (Wildman–Crippen MR) is 119 cm³/mol. The molecule has 0 amide bonds. The lowest BCUT2D eigenvalue weighted by molar-refractivity contribution is -0.132. The molecular weight excluding hydrogens is 358 g/mol. The Bertz CT molecular complexity index is 980. The van der Waals surface area contributed by atoms with E-state index in [9.17, 15) is 9.90 Å². The van der Waals surface area contributed by atoms with Crippen molar-refractivity contribution in [3.63, 3.8) is 0 Å². The van der Waals surface area contributed by atoms with Crippen LogP contribution in [-0.4, -0.2) is 11.1 Å². The van der Waals surface area contributed by atoms with Crippen LogP contribution in [0.1, 0.15) is 42.5 Å². The molecule has 0 bridgehead atoms. The number of allylic oxidation sites excluding steroid dienone is 2. The molecule has 0 radical (unpaired) electrons. The first-order valence-electron chi connectivity index (χ1n) is 10.1. The summed E-state index contributed by atoms with van der Waals surface area (Å²) in [6.07, 6.45) is 4.77. The second-order valence-electron chi connectivity index (χ2n) is 7.73. The van der Waals surface area contributed by atoms with Crippen molar-refractivity contribution in [3.05, 3.63) is 100 Å². The third kappa shape index (κ3) is 4.68. The summed E-state index contributed by atoms with van der Waals surface area (Å²) in [5, 5.41) is 13.3. The van der Waals surface area contributed by atoms with Crippen molar-refractivity contribution in [1.82, 2.24) is 5.32 Å². The second-order valence-corrected chi connectivity index (χ2v) is 7.73. The summed E-state index contributed by atoms with van der Waals surface area (Å²) in [5.41, 5.74) is 7.40. The molecule has 2 N–H and O–H groups in total. The number of aryl methyl sites for hydroxylation is 2. The van der Waals surface area contributed by atoms with E-state index >= 15 is 0 Å². The maximum Gasteiger partial charge on any atom is 0.337 e. The first-order chi connectivity index (χ1) is 13.9. The molecule has 29 heavy (non-hydrogen) atoms. The number of rotatable bonds is 6. The molecule has 0 saturated heterocycles. The Kier molecular flexibility index (Phi) is 6.38. The molecule has 2 aromatic carbocycles. The molecule has 150 valence electrons. The van der Waals surface area contributed by atoms with Crippen molar-refractivity contribution in [2.45, 2.75) is 40.0 Å². The van der Waals surface area contributed by atoms with Gasteiger partial charge in [0.1, 0.15) is 0 Å². The highest BCUT2D eigenvalue weighted by Gasteiger charge is 2.27. The normalized spacial score (nSPS) is 17.2. The fourth-order valence-electron chi connectivity index (χ4n) is 4.16. The van der Waals surface area contributed by atoms with Crippen molar-refractivity contribution in [2.75, 3.05) is 0 Å². The quantitative estimate of drug-likeness (QED) is 0.496. The lowest BCUT2D eigenvalue weighted by Gasteiger charge is -2.28. The van der Waals surface area contributed by atoms with Gasteiger partial charge >= 0.3 is 5.97 Å². The number of carboxylic acids is 1. The van der Waals surface area contributed by atoms with Gasteiger partial charge in [0.25, 0.3) is 0 Å². The van der Waals surface area contributed by atoms with E-state index in [-0.39, 0.29) is 5.92 Å². The average Bonchev–Trinajstić information content (AvgIpc) is 2.71. The van der Waals surface area contributed by atoms with Gasteiger partial charge in [-0.25, -0.2) is 4.79 Å². The number of carboxylic acid groups (broad SMARTS) is 1. The van der Waals surface area contributed by atoms with Gasteiger partial charge < -0.3 is 10.4 Å². The van der Waals surface area contributed by atoms with Crippen molar-refractivity contribution in [1.29, 1.82) is 0 Å². The van der Waals surface area contributed by atoms with Crippen LogP contribution >= 0.6 is 0 Å².